The van der Waals surface area contributed by atoms with E-state index in [4.69, 9.17) is 5.11 Å². The van der Waals surface area contributed by atoms with Gasteiger partial charge in [0, 0.05) is 19.0 Å². The number of carboxylic acid groups (broad SMARTS) is 1. The van der Waals surface area contributed by atoms with Gasteiger partial charge in [-0.1, -0.05) is 6.07 Å². The molecule has 0 amide bonds. The average molecular weight is 205 g/mol. The van der Waals surface area contributed by atoms with Crippen LogP contribution in [0.4, 0.5) is 0 Å². The summed E-state index contributed by atoms with van der Waals surface area (Å²) in [6, 6.07) is 5.64. The summed E-state index contributed by atoms with van der Waals surface area (Å²) >= 11 is 0. The van der Waals surface area contributed by atoms with E-state index in [0.717, 1.165) is 5.65 Å². The molecular formula is C10H11N3O2. The predicted molar refractivity (Wildman–Crippen MR) is 53.6 cm³/mol. The van der Waals surface area contributed by atoms with Gasteiger partial charge < -0.3 is 5.11 Å². The minimum Gasteiger partial charge on any atom is -0.481 e. The Labute approximate surface area is 86.4 Å². The van der Waals surface area contributed by atoms with Crippen LogP contribution in [-0.2, 0) is 11.2 Å². The molecule has 0 aliphatic rings. The zero-order valence-corrected chi connectivity index (χ0v) is 8.13. The van der Waals surface area contributed by atoms with Crippen LogP contribution in [0.1, 0.15) is 18.7 Å². The number of carboxylic acids is 1. The summed E-state index contributed by atoms with van der Waals surface area (Å²) in [6.45, 7) is 0. The molecule has 5 heteroatoms. The van der Waals surface area contributed by atoms with Gasteiger partial charge in [0.25, 0.3) is 0 Å². The van der Waals surface area contributed by atoms with Crippen LogP contribution in [0.5, 0.6) is 0 Å². The van der Waals surface area contributed by atoms with E-state index < -0.39 is 5.97 Å². The number of nitrogens with zero attached hydrogens (tertiary/aromatic N) is 3. The maximum atomic E-state index is 10.3. The average Bonchev–Trinajstić information content (AvgIpc) is 2.59. The van der Waals surface area contributed by atoms with Crippen molar-refractivity contribution in [2.24, 2.45) is 0 Å². The number of hydrogen-bond acceptors (Lipinski definition) is 3. The Morgan fingerprint density at radius 2 is 2.33 bits per heavy atom. The number of aryl methyl sites for hydroxylation is 1. The molecule has 0 aliphatic carbocycles. The Hall–Kier alpha value is -1.91. The van der Waals surface area contributed by atoms with E-state index in [1.165, 1.54) is 0 Å². The molecule has 0 radical (unpaired) electrons. The van der Waals surface area contributed by atoms with Crippen LogP contribution in [-0.4, -0.2) is 25.7 Å². The number of aliphatic carboxylic acids is 1. The largest absolute Gasteiger partial charge is 0.481 e. The molecular weight excluding hydrogens is 194 g/mol. The highest BCUT2D eigenvalue weighted by Gasteiger charge is 2.03. The first-order chi connectivity index (χ1) is 7.25. The topological polar surface area (TPSA) is 67.5 Å². The Balaban J connectivity index is 2.05. The summed E-state index contributed by atoms with van der Waals surface area (Å²) in [5.41, 5.74) is 0.794. The quantitative estimate of drug-likeness (QED) is 0.812. The Morgan fingerprint density at radius 3 is 3.07 bits per heavy atom. The van der Waals surface area contributed by atoms with Crippen LogP contribution >= 0.6 is 0 Å². The zero-order valence-electron chi connectivity index (χ0n) is 8.13. The van der Waals surface area contributed by atoms with Gasteiger partial charge in [-0.25, -0.2) is 9.50 Å². The second-order valence-corrected chi connectivity index (χ2v) is 3.28. The highest BCUT2D eigenvalue weighted by molar-refractivity contribution is 5.66. The highest BCUT2D eigenvalue weighted by atomic mass is 16.4. The first-order valence-corrected chi connectivity index (χ1v) is 4.78. The normalized spacial score (nSPS) is 10.7. The molecule has 0 unspecified atom stereocenters. The maximum Gasteiger partial charge on any atom is 0.303 e. The molecule has 0 aromatic carbocycles. The van der Waals surface area contributed by atoms with E-state index in [0.29, 0.717) is 18.7 Å². The lowest BCUT2D eigenvalue weighted by molar-refractivity contribution is -0.137. The second kappa shape index (κ2) is 4.08. The Bertz CT molecular complexity index is 445. The SMILES string of the molecule is O=C(O)CCCc1nc2ccccn2n1. The molecule has 2 rings (SSSR count). The van der Waals surface area contributed by atoms with Crippen molar-refractivity contribution < 1.29 is 9.90 Å². The van der Waals surface area contributed by atoms with Gasteiger partial charge in [0.05, 0.1) is 0 Å². The Morgan fingerprint density at radius 1 is 1.47 bits per heavy atom. The summed E-state index contributed by atoms with van der Waals surface area (Å²) in [7, 11) is 0. The second-order valence-electron chi connectivity index (χ2n) is 3.28. The molecule has 0 saturated heterocycles. The summed E-state index contributed by atoms with van der Waals surface area (Å²) in [6.07, 6.45) is 3.17. The van der Waals surface area contributed by atoms with Gasteiger partial charge in [-0.05, 0) is 18.6 Å². The third-order valence-electron chi connectivity index (χ3n) is 2.08. The number of rotatable bonds is 4. The molecule has 78 valence electrons. The van der Waals surface area contributed by atoms with Crippen LogP contribution in [0.15, 0.2) is 24.4 Å². The molecule has 0 atom stereocenters. The lowest BCUT2D eigenvalue weighted by atomic mass is 10.2. The number of pyridine rings is 1. The number of carbonyl (C=O) groups is 1. The van der Waals surface area contributed by atoms with Crippen molar-refractivity contribution in [2.75, 3.05) is 0 Å². The molecule has 2 aromatic heterocycles. The fourth-order valence-electron chi connectivity index (χ4n) is 1.38. The molecule has 0 fully saturated rings. The van der Waals surface area contributed by atoms with E-state index in [-0.39, 0.29) is 6.42 Å². The fraction of sp³-hybridized carbons (Fsp3) is 0.300. The van der Waals surface area contributed by atoms with Crippen molar-refractivity contribution in [3.63, 3.8) is 0 Å². The molecule has 0 aliphatic heterocycles. The molecule has 5 nitrogen and oxygen atoms in total. The van der Waals surface area contributed by atoms with Crippen LogP contribution in [0.25, 0.3) is 5.65 Å². The van der Waals surface area contributed by atoms with Gasteiger partial charge in [-0.2, -0.15) is 5.10 Å². The summed E-state index contributed by atoms with van der Waals surface area (Å²) < 4.78 is 1.69. The smallest absolute Gasteiger partial charge is 0.303 e. The van der Waals surface area contributed by atoms with Crippen molar-refractivity contribution in [1.29, 1.82) is 0 Å². The number of aromatic nitrogens is 3. The molecule has 0 saturated carbocycles. The van der Waals surface area contributed by atoms with Gasteiger partial charge in [0.2, 0.25) is 0 Å². The van der Waals surface area contributed by atoms with Gasteiger partial charge in [-0.3, -0.25) is 4.79 Å². The van der Waals surface area contributed by atoms with E-state index >= 15 is 0 Å². The summed E-state index contributed by atoms with van der Waals surface area (Å²) in [5.74, 6) is -0.0822. The highest BCUT2D eigenvalue weighted by Crippen LogP contribution is 2.03. The summed E-state index contributed by atoms with van der Waals surface area (Å²) in [4.78, 5) is 14.6. The lowest BCUT2D eigenvalue weighted by Gasteiger charge is -1.91. The van der Waals surface area contributed by atoms with Crippen molar-refractivity contribution in [3.05, 3.63) is 30.2 Å². The molecule has 2 aromatic rings. The monoisotopic (exact) mass is 205 g/mol. The number of hydrogen-bond donors (Lipinski definition) is 1. The number of fused-ring (bicyclic) bond motifs is 1. The van der Waals surface area contributed by atoms with E-state index in [1.807, 2.05) is 24.4 Å². The first-order valence-electron chi connectivity index (χ1n) is 4.78. The molecule has 2 heterocycles. The third-order valence-corrected chi connectivity index (χ3v) is 2.08. The lowest BCUT2D eigenvalue weighted by Crippen LogP contribution is -1.97. The van der Waals surface area contributed by atoms with Gasteiger partial charge in [0.15, 0.2) is 11.5 Å². The third kappa shape index (κ3) is 2.31. The Kier molecular flexibility index (Phi) is 2.62. The minimum absolute atomic E-state index is 0.162. The van der Waals surface area contributed by atoms with E-state index in [2.05, 4.69) is 10.1 Å². The zero-order chi connectivity index (χ0) is 10.7. The van der Waals surface area contributed by atoms with Gasteiger partial charge in [-0.15, -0.1) is 0 Å². The molecule has 0 bridgehead atoms. The maximum absolute atomic E-state index is 10.3. The fourth-order valence-corrected chi connectivity index (χ4v) is 1.38. The molecule has 15 heavy (non-hydrogen) atoms. The van der Waals surface area contributed by atoms with Gasteiger partial charge >= 0.3 is 5.97 Å². The molecule has 1 N–H and O–H groups in total. The van der Waals surface area contributed by atoms with Crippen LogP contribution in [0.2, 0.25) is 0 Å². The first kappa shape index (κ1) is 9.64. The standard InChI is InChI=1S/C10H11N3O2/c14-10(15)6-3-4-8-11-9-5-1-2-7-13(9)12-8/h1-2,5,7H,3-4,6H2,(H,14,15). The van der Waals surface area contributed by atoms with E-state index in [9.17, 15) is 4.79 Å². The predicted octanol–water partition coefficient (Wildman–Crippen LogP) is 1.14. The molecule has 0 spiro atoms. The van der Waals surface area contributed by atoms with Crippen molar-refractivity contribution in [3.8, 4) is 0 Å². The summed E-state index contributed by atoms with van der Waals surface area (Å²) in [5, 5.41) is 12.7. The van der Waals surface area contributed by atoms with Crippen LogP contribution in [0, 0.1) is 0 Å². The van der Waals surface area contributed by atoms with Crippen molar-refractivity contribution in [1.82, 2.24) is 14.6 Å². The van der Waals surface area contributed by atoms with Crippen LogP contribution in [0.3, 0.4) is 0 Å². The van der Waals surface area contributed by atoms with Crippen molar-refractivity contribution in [2.45, 2.75) is 19.3 Å². The van der Waals surface area contributed by atoms with Crippen molar-refractivity contribution >= 4 is 11.6 Å². The van der Waals surface area contributed by atoms with Gasteiger partial charge in [0.1, 0.15) is 0 Å². The minimum atomic E-state index is -0.779. The van der Waals surface area contributed by atoms with E-state index in [1.54, 1.807) is 4.52 Å². The van der Waals surface area contributed by atoms with Crippen LogP contribution < -0.4 is 0 Å².